The molecule has 2 aliphatic rings. The van der Waals surface area contributed by atoms with Gasteiger partial charge in [-0.2, -0.15) is 0 Å². The molecule has 2 aromatic rings. The number of nitrogens with one attached hydrogen (secondary N) is 1. The minimum absolute atomic E-state index is 0.0534. The van der Waals surface area contributed by atoms with E-state index in [9.17, 15) is 9.18 Å². The number of ether oxygens (including phenoxy) is 2. The number of aryl methyl sites for hydroxylation is 1. The van der Waals surface area contributed by atoms with Crippen molar-refractivity contribution < 1.29 is 18.7 Å². The van der Waals surface area contributed by atoms with Crippen molar-refractivity contribution >= 4 is 5.91 Å². The van der Waals surface area contributed by atoms with Gasteiger partial charge in [-0.25, -0.2) is 4.39 Å². The number of carbonyl (C=O) groups is 1. The highest BCUT2D eigenvalue weighted by molar-refractivity contribution is 5.91. The van der Waals surface area contributed by atoms with E-state index in [4.69, 9.17) is 9.47 Å². The van der Waals surface area contributed by atoms with Crippen molar-refractivity contribution in [2.24, 2.45) is 0 Å². The van der Waals surface area contributed by atoms with E-state index < -0.39 is 5.41 Å². The molecule has 1 N–H and O–H groups in total. The van der Waals surface area contributed by atoms with E-state index in [0.29, 0.717) is 25.3 Å². The fraction of sp³-hybridized carbons (Fsp3) is 0.381. The van der Waals surface area contributed by atoms with Gasteiger partial charge in [-0.3, -0.25) is 4.79 Å². The topological polar surface area (TPSA) is 47.6 Å². The van der Waals surface area contributed by atoms with Crippen molar-refractivity contribution in [2.75, 3.05) is 13.3 Å². The molecule has 0 bridgehead atoms. The van der Waals surface area contributed by atoms with Crippen LogP contribution in [0.25, 0.3) is 0 Å². The summed E-state index contributed by atoms with van der Waals surface area (Å²) >= 11 is 0. The van der Waals surface area contributed by atoms with Gasteiger partial charge in [-0.15, -0.1) is 0 Å². The zero-order chi connectivity index (χ0) is 18.1. The predicted octanol–water partition coefficient (Wildman–Crippen LogP) is 3.39. The lowest BCUT2D eigenvalue weighted by atomic mass is 9.93. The number of hydrogen-bond acceptors (Lipinski definition) is 3. The normalized spacial score (nSPS) is 17.2. The fourth-order valence-corrected chi connectivity index (χ4v) is 3.64. The molecule has 1 fully saturated rings. The zero-order valence-electron chi connectivity index (χ0n) is 14.8. The minimum atomic E-state index is -0.391. The second kappa shape index (κ2) is 6.72. The zero-order valence-corrected chi connectivity index (χ0v) is 14.8. The van der Waals surface area contributed by atoms with Crippen molar-refractivity contribution in [1.29, 1.82) is 0 Å². The first-order valence-corrected chi connectivity index (χ1v) is 8.96. The summed E-state index contributed by atoms with van der Waals surface area (Å²) in [6, 6.07) is 11.1. The predicted molar refractivity (Wildman–Crippen MR) is 95.5 cm³/mol. The van der Waals surface area contributed by atoms with Gasteiger partial charge in [0, 0.05) is 12.1 Å². The maximum absolute atomic E-state index is 13.8. The van der Waals surface area contributed by atoms with Crippen LogP contribution in [0.5, 0.6) is 5.75 Å². The number of benzene rings is 2. The van der Waals surface area contributed by atoms with Crippen LogP contribution >= 0.6 is 0 Å². The third kappa shape index (κ3) is 3.19. The molecule has 4 rings (SSSR count). The van der Waals surface area contributed by atoms with E-state index in [1.165, 1.54) is 12.1 Å². The fourth-order valence-electron chi connectivity index (χ4n) is 3.64. The van der Waals surface area contributed by atoms with Crippen LogP contribution in [0.3, 0.4) is 0 Å². The van der Waals surface area contributed by atoms with Crippen LogP contribution in [-0.2, 0) is 28.0 Å². The van der Waals surface area contributed by atoms with Crippen LogP contribution in [0, 0.1) is 12.7 Å². The van der Waals surface area contributed by atoms with Crippen LogP contribution in [-0.4, -0.2) is 19.2 Å². The Hall–Kier alpha value is -2.40. The molecule has 136 valence electrons. The van der Waals surface area contributed by atoms with Gasteiger partial charge in [0.05, 0.1) is 12.0 Å². The molecule has 1 heterocycles. The van der Waals surface area contributed by atoms with E-state index >= 15 is 0 Å². The molecule has 4 nitrogen and oxygen atoms in total. The second-order valence-electron chi connectivity index (χ2n) is 7.12. The molecule has 1 saturated carbocycles. The molecule has 1 aliphatic heterocycles. The number of amides is 1. The maximum atomic E-state index is 13.8. The van der Waals surface area contributed by atoms with Gasteiger partial charge in [-0.1, -0.05) is 29.8 Å². The number of halogens is 1. The molecule has 0 saturated heterocycles. The first kappa shape index (κ1) is 17.0. The van der Waals surface area contributed by atoms with E-state index in [2.05, 4.69) is 11.4 Å². The average Bonchev–Trinajstić information content (AvgIpc) is 3.43. The van der Waals surface area contributed by atoms with Crippen molar-refractivity contribution in [1.82, 2.24) is 5.32 Å². The Morgan fingerprint density at radius 3 is 2.88 bits per heavy atom. The van der Waals surface area contributed by atoms with Crippen LogP contribution in [0.1, 0.15) is 35.1 Å². The summed E-state index contributed by atoms with van der Waals surface area (Å²) in [5.74, 6) is 0.432. The maximum Gasteiger partial charge on any atom is 0.230 e. The van der Waals surface area contributed by atoms with Gasteiger partial charge >= 0.3 is 0 Å². The highest BCUT2D eigenvalue weighted by Gasteiger charge is 2.51. The third-order valence-electron chi connectivity index (χ3n) is 5.19. The number of rotatable bonds is 5. The standard InChI is InChI=1S/C21H22FNO3/c1-14-3-2-4-17(9-14)21(6-7-21)20(24)23-8-5-15-10-18(22)11-16-12-25-13-26-19(15)16/h2-4,9-11H,5-8,12-13H2,1H3,(H,23,24). The minimum Gasteiger partial charge on any atom is -0.467 e. The first-order valence-electron chi connectivity index (χ1n) is 8.96. The Balaban J connectivity index is 1.43. The largest absolute Gasteiger partial charge is 0.467 e. The number of hydrogen-bond donors (Lipinski definition) is 1. The molecule has 2 aromatic carbocycles. The van der Waals surface area contributed by atoms with Gasteiger partial charge in [0.1, 0.15) is 11.6 Å². The molecule has 0 aromatic heterocycles. The molecule has 1 amide bonds. The Morgan fingerprint density at radius 1 is 1.27 bits per heavy atom. The summed E-state index contributed by atoms with van der Waals surface area (Å²) in [6.07, 6.45) is 2.27. The molecule has 0 spiro atoms. The Morgan fingerprint density at radius 2 is 2.12 bits per heavy atom. The van der Waals surface area contributed by atoms with Crippen LogP contribution in [0.4, 0.5) is 4.39 Å². The summed E-state index contributed by atoms with van der Waals surface area (Å²) in [6.45, 7) is 3.01. The van der Waals surface area contributed by atoms with Crippen LogP contribution in [0.15, 0.2) is 36.4 Å². The van der Waals surface area contributed by atoms with Gasteiger partial charge in [0.15, 0.2) is 6.79 Å². The SMILES string of the molecule is Cc1cccc(C2(C(=O)NCCc3cc(F)cc4c3OCOC4)CC2)c1. The summed E-state index contributed by atoms with van der Waals surface area (Å²) in [4.78, 5) is 12.7. The lowest BCUT2D eigenvalue weighted by molar-refractivity contribution is -0.123. The van der Waals surface area contributed by atoms with Gasteiger partial charge in [0.25, 0.3) is 0 Å². The molecule has 5 heteroatoms. The van der Waals surface area contributed by atoms with Crippen LogP contribution < -0.4 is 10.1 Å². The summed E-state index contributed by atoms with van der Waals surface area (Å²) in [5.41, 5.74) is 3.34. The molecule has 0 atom stereocenters. The van der Waals surface area contributed by atoms with E-state index in [1.54, 1.807) is 0 Å². The second-order valence-corrected chi connectivity index (χ2v) is 7.12. The third-order valence-corrected chi connectivity index (χ3v) is 5.19. The first-order chi connectivity index (χ1) is 12.6. The number of fused-ring (bicyclic) bond motifs is 1. The van der Waals surface area contributed by atoms with Crippen molar-refractivity contribution in [3.05, 3.63) is 64.5 Å². The Bertz CT molecular complexity index is 845. The monoisotopic (exact) mass is 355 g/mol. The van der Waals surface area contributed by atoms with Gasteiger partial charge in [0.2, 0.25) is 5.91 Å². The number of carbonyl (C=O) groups excluding carboxylic acids is 1. The lowest BCUT2D eigenvalue weighted by Gasteiger charge is -2.21. The van der Waals surface area contributed by atoms with E-state index in [-0.39, 0.29) is 18.5 Å². The Kier molecular flexibility index (Phi) is 4.41. The summed E-state index contributed by atoms with van der Waals surface area (Å²) in [7, 11) is 0. The quantitative estimate of drug-likeness (QED) is 0.894. The Labute approximate surface area is 152 Å². The highest BCUT2D eigenvalue weighted by atomic mass is 19.1. The van der Waals surface area contributed by atoms with Crippen molar-refractivity contribution in [2.45, 2.75) is 38.2 Å². The van der Waals surface area contributed by atoms with Gasteiger partial charge < -0.3 is 14.8 Å². The van der Waals surface area contributed by atoms with Crippen LogP contribution in [0.2, 0.25) is 0 Å². The molecule has 0 radical (unpaired) electrons. The lowest BCUT2D eigenvalue weighted by Crippen LogP contribution is -2.36. The van der Waals surface area contributed by atoms with E-state index in [1.807, 2.05) is 25.1 Å². The molecule has 1 aliphatic carbocycles. The summed E-state index contributed by atoms with van der Waals surface area (Å²) in [5, 5.41) is 3.03. The molecule has 0 unspecified atom stereocenters. The van der Waals surface area contributed by atoms with E-state index in [0.717, 1.165) is 35.1 Å². The van der Waals surface area contributed by atoms with Crippen molar-refractivity contribution in [3.63, 3.8) is 0 Å². The highest BCUT2D eigenvalue weighted by Crippen LogP contribution is 2.48. The molecule has 26 heavy (non-hydrogen) atoms. The van der Waals surface area contributed by atoms with Crippen molar-refractivity contribution in [3.8, 4) is 5.75 Å². The van der Waals surface area contributed by atoms with Gasteiger partial charge in [-0.05, 0) is 49.4 Å². The average molecular weight is 355 g/mol. The molecular weight excluding hydrogens is 333 g/mol. The molecular formula is C21H22FNO3. The summed E-state index contributed by atoms with van der Waals surface area (Å²) < 4.78 is 24.5. The smallest absolute Gasteiger partial charge is 0.230 e.